The number of nitrogens with zero attached hydrogens (tertiary/aromatic N) is 4. The van der Waals surface area contributed by atoms with Crippen molar-refractivity contribution in [2.45, 2.75) is 32.7 Å². The summed E-state index contributed by atoms with van der Waals surface area (Å²) in [5, 5.41) is 17.9. The van der Waals surface area contributed by atoms with Gasteiger partial charge in [0.05, 0.1) is 17.2 Å². The van der Waals surface area contributed by atoms with Crippen LogP contribution < -0.4 is 16.4 Å². The molecule has 1 aliphatic rings. The lowest BCUT2D eigenvalue weighted by molar-refractivity contribution is -0.383. The normalized spacial score (nSPS) is 14.9. The van der Waals surface area contributed by atoms with Crippen LogP contribution in [0.3, 0.4) is 0 Å². The summed E-state index contributed by atoms with van der Waals surface area (Å²) in [5.74, 6) is 0.913. The Hall–Kier alpha value is -3.66. The Morgan fingerprint density at radius 1 is 1.22 bits per heavy atom. The molecule has 1 aromatic carbocycles. The van der Waals surface area contributed by atoms with Crippen LogP contribution in [-0.2, 0) is 0 Å². The van der Waals surface area contributed by atoms with Gasteiger partial charge < -0.3 is 20.8 Å². The summed E-state index contributed by atoms with van der Waals surface area (Å²) in [7, 11) is 0. The minimum Gasteiger partial charge on any atom is -0.468 e. The van der Waals surface area contributed by atoms with Gasteiger partial charge in [-0.2, -0.15) is 9.97 Å². The van der Waals surface area contributed by atoms with Crippen molar-refractivity contribution in [1.82, 2.24) is 14.9 Å². The SMILES string of the molecule is Cc1ccc(Nc2nc(NC[C@H](c3ccco3)N3CCCC3)nc(N)c2[N+](=O)[O-])cc1C. The summed E-state index contributed by atoms with van der Waals surface area (Å²) in [5.41, 5.74) is 8.47. The second kappa shape index (κ2) is 9.23. The smallest absolute Gasteiger partial charge is 0.353 e. The molecule has 10 heteroatoms. The van der Waals surface area contributed by atoms with Crippen molar-refractivity contribution in [3.05, 3.63) is 63.6 Å². The Morgan fingerprint density at radius 2 is 2.00 bits per heavy atom. The maximum Gasteiger partial charge on any atom is 0.353 e. The summed E-state index contributed by atoms with van der Waals surface area (Å²) < 4.78 is 5.65. The summed E-state index contributed by atoms with van der Waals surface area (Å²) in [6, 6.07) is 9.51. The highest BCUT2D eigenvalue weighted by atomic mass is 16.6. The van der Waals surface area contributed by atoms with Crippen LogP contribution in [0.4, 0.5) is 29.0 Å². The predicted molar refractivity (Wildman–Crippen MR) is 123 cm³/mol. The van der Waals surface area contributed by atoms with Gasteiger partial charge in [0.1, 0.15) is 5.76 Å². The number of hydrogen-bond donors (Lipinski definition) is 3. The van der Waals surface area contributed by atoms with Crippen molar-refractivity contribution in [1.29, 1.82) is 0 Å². The van der Waals surface area contributed by atoms with Gasteiger partial charge in [-0.1, -0.05) is 6.07 Å². The van der Waals surface area contributed by atoms with Crippen molar-refractivity contribution >= 4 is 29.0 Å². The lowest BCUT2D eigenvalue weighted by Crippen LogP contribution is -2.31. The van der Waals surface area contributed by atoms with E-state index in [2.05, 4.69) is 25.5 Å². The molecule has 1 fully saturated rings. The zero-order valence-electron chi connectivity index (χ0n) is 18.2. The summed E-state index contributed by atoms with van der Waals surface area (Å²) in [6.45, 7) is 6.42. The predicted octanol–water partition coefficient (Wildman–Crippen LogP) is 4.17. The van der Waals surface area contributed by atoms with Crippen LogP contribution >= 0.6 is 0 Å². The standard InChI is InChI=1S/C22H27N7O3/c1-14-7-8-16(12-15(14)2)25-21-19(29(30)31)20(23)26-22(27-21)24-13-17(18-6-5-11-32-18)28-9-3-4-10-28/h5-8,11-12,17H,3-4,9-10,13H2,1-2H3,(H4,23,24,25,26,27)/t17-/m1/s1. The molecule has 1 aliphatic heterocycles. The largest absolute Gasteiger partial charge is 0.468 e. The maximum absolute atomic E-state index is 11.6. The number of nitro groups is 1. The van der Waals surface area contributed by atoms with Gasteiger partial charge in [0, 0.05) is 12.2 Å². The lowest BCUT2D eigenvalue weighted by atomic mass is 10.1. The second-order valence-electron chi connectivity index (χ2n) is 7.97. The van der Waals surface area contributed by atoms with E-state index in [0.717, 1.165) is 42.8 Å². The Bertz CT molecular complexity index is 1100. The van der Waals surface area contributed by atoms with E-state index in [0.29, 0.717) is 12.2 Å². The monoisotopic (exact) mass is 437 g/mol. The van der Waals surface area contributed by atoms with Crippen LogP contribution in [0, 0.1) is 24.0 Å². The number of nitrogens with two attached hydrogens (primary N) is 1. The minimum absolute atomic E-state index is 0.00340. The van der Waals surface area contributed by atoms with Crippen molar-refractivity contribution in [2.75, 3.05) is 36.0 Å². The van der Waals surface area contributed by atoms with Crippen molar-refractivity contribution in [2.24, 2.45) is 0 Å². The number of nitrogen functional groups attached to an aromatic ring is 1. The van der Waals surface area contributed by atoms with E-state index >= 15 is 0 Å². The van der Waals surface area contributed by atoms with Crippen molar-refractivity contribution in [3.63, 3.8) is 0 Å². The molecule has 0 unspecified atom stereocenters. The Balaban J connectivity index is 1.59. The van der Waals surface area contributed by atoms with Gasteiger partial charge in [0.2, 0.25) is 17.6 Å². The van der Waals surface area contributed by atoms with E-state index in [9.17, 15) is 10.1 Å². The molecule has 3 aromatic rings. The van der Waals surface area contributed by atoms with Gasteiger partial charge in [-0.3, -0.25) is 15.0 Å². The van der Waals surface area contributed by atoms with Crippen LogP contribution in [0.5, 0.6) is 0 Å². The quantitative estimate of drug-likeness (QED) is 0.350. The molecule has 0 bridgehead atoms. The fourth-order valence-corrected chi connectivity index (χ4v) is 3.91. The number of hydrogen-bond acceptors (Lipinski definition) is 9. The van der Waals surface area contributed by atoms with Gasteiger partial charge in [-0.25, -0.2) is 0 Å². The van der Waals surface area contributed by atoms with E-state index in [-0.39, 0.29) is 29.3 Å². The average molecular weight is 438 g/mol. The topological polar surface area (TPSA) is 135 Å². The second-order valence-corrected chi connectivity index (χ2v) is 7.97. The van der Waals surface area contributed by atoms with Crippen molar-refractivity contribution in [3.8, 4) is 0 Å². The van der Waals surface area contributed by atoms with E-state index in [4.69, 9.17) is 10.2 Å². The van der Waals surface area contributed by atoms with Gasteiger partial charge in [0.15, 0.2) is 0 Å². The first-order chi connectivity index (χ1) is 15.4. The van der Waals surface area contributed by atoms with Crippen LogP contribution in [-0.4, -0.2) is 39.4 Å². The number of likely N-dealkylation sites (tertiary alicyclic amines) is 1. The van der Waals surface area contributed by atoms with Crippen LogP contribution in [0.15, 0.2) is 41.0 Å². The number of aromatic nitrogens is 2. The zero-order valence-corrected chi connectivity index (χ0v) is 18.2. The molecule has 0 radical (unpaired) electrons. The summed E-state index contributed by atoms with van der Waals surface area (Å²) in [4.78, 5) is 21.9. The minimum atomic E-state index is -0.571. The third-order valence-electron chi connectivity index (χ3n) is 5.77. The molecule has 4 rings (SSSR count). The molecule has 168 valence electrons. The maximum atomic E-state index is 11.6. The first-order valence-corrected chi connectivity index (χ1v) is 10.6. The highest BCUT2D eigenvalue weighted by Gasteiger charge is 2.27. The molecule has 1 atom stereocenters. The molecule has 0 amide bonds. The Kier molecular flexibility index (Phi) is 6.22. The molecule has 0 aliphatic carbocycles. The fourth-order valence-electron chi connectivity index (χ4n) is 3.91. The molecule has 1 saturated heterocycles. The first kappa shape index (κ1) is 21.6. The molecule has 10 nitrogen and oxygen atoms in total. The van der Waals surface area contributed by atoms with Crippen LogP contribution in [0.1, 0.15) is 35.8 Å². The lowest BCUT2D eigenvalue weighted by Gasteiger charge is -2.26. The number of anilines is 4. The van der Waals surface area contributed by atoms with E-state index in [1.807, 2.05) is 44.2 Å². The van der Waals surface area contributed by atoms with Gasteiger partial charge in [-0.15, -0.1) is 0 Å². The Labute approximate surface area is 186 Å². The molecule has 0 saturated carbocycles. The summed E-state index contributed by atoms with van der Waals surface area (Å²) >= 11 is 0. The third-order valence-corrected chi connectivity index (χ3v) is 5.77. The third kappa shape index (κ3) is 4.65. The number of furan rings is 1. The molecule has 0 spiro atoms. The summed E-state index contributed by atoms with van der Waals surface area (Å²) in [6.07, 6.45) is 3.94. The van der Waals surface area contributed by atoms with E-state index < -0.39 is 4.92 Å². The van der Waals surface area contributed by atoms with E-state index in [1.165, 1.54) is 0 Å². The zero-order chi connectivity index (χ0) is 22.7. The van der Waals surface area contributed by atoms with E-state index in [1.54, 1.807) is 6.26 Å². The molecular weight excluding hydrogens is 410 g/mol. The number of rotatable bonds is 8. The van der Waals surface area contributed by atoms with Gasteiger partial charge >= 0.3 is 5.69 Å². The van der Waals surface area contributed by atoms with Crippen LogP contribution in [0.25, 0.3) is 0 Å². The highest BCUT2D eigenvalue weighted by molar-refractivity contribution is 5.74. The number of benzene rings is 1. The van der Waals surface area contributed by atoms with Crippen molar-refractivity contribution < 1.29 is 9.34 Å². The highest BCUT2D eigenvalue weighted by Crippen LogP contribution is 2.32. The Morgan fingerprint density at radius 3 is 2.66 bits per heavy atom. The van der Waals surface area contributed by atoms with Gasteiger partial charge in [0.25, 0.3) is 0 Å². The first-order valence-electron chi connectivity index (χ1n) is 10.6. The van der Waals surface area contributed by atoms with Crippen LogP contribution in [0.2, 0.25) is 0 Å². The van der Waals surface area contributed by atoms with Gasteiger partial charge in [-0.05, 0) is 75.2 Å². The molecule has 2 aromatic heterocycles. The molecular formula is C22H27N7O3. The molecule has 3 heterocycles. The number of aryl methyl sites for hydroxylation is 2. The molecule has 32 heavy (non-hydrogen) atoms. The fraction of sp³-hybridized carbons (Fsp3) is 0.364. The average Bonchev–Trinajstić information content (AvgIpc) is 3.45. The molecule has 4 N–H and O–H groups in total. The number of nitrogens with one attached hydrogen (secondary N) is 2.